The first-order valence-corrected chi connectivity index (χ1v) is 8.57. The number of rotatable bonds is 2. The minimum absolute atomic E-state index is 0.0292. The van der Waals surface area contributed by atoms with Crippen LogP contribution in [0.15, 0.2) is 47.3 Å². The van der Waals surface area contributed by atoms with Gasteiger partial charge in [0, 0.05) is 12.6 Å². The maximum Gasteiger partial charge on any atom is 0.261 e. The van der Waals surface area contributed by atoms with E-state index in [2.05, 4.69) is 22.4 Å². The second-order valence-electron chi connectivity index (χ2n) is 6.32. The molecule has 0 fully saturated rings. The molecule has 0 spiro atoms. The molecule has 4 rings (SSSR count). The van der Waals surface area contributed by atoms with E-state index in [1.165, 1.54) is 15.7 Å². The van der Waals surface area contributed by atoms with Crippen molar-refractivity contribution in [3.05, 3.63) is 74.3 Å². The monoisotopic (exact) mass is 351 g/mol. The van der Waals surface area contributed by atoms with E-state index in [4.69, 9.17) is 12.2 Å². The third-order valence-electron chi connectivity index (χ3n) is 4.80. The Kier molecular flexibility index (Phi) is 3.77. The number of hydrogen-bond acceptors (Lipinski definition) is 3. The van der Waals surface area contributed by atoms with Crippen LogP contribution in [0.4, 0.5) is 0 Å². The SMILES string of the molecule is Cn1c(=S)[nH]c2cc(C(=O)NC3CCc4ccccc43)ccc2c1=O. The van der Waals surface area contributed by atoms with E-state index in [0.717, 1.165) is 12.8 Å². The number of fused-ring (bicyclic) bond motifs is 2. The Labute approximate surface area is 149 Å². The van der Waals surface area contributed by atoms with Crippen molar-refractivity contribution in [1.82, 2.24) is 14.9 Å². The molecule has 0 aliphatic heterocycles. The van der Waals surface area contributed by atoms with Crippen molar-refractivity contribution < 1.29 is 4.79 Å². The molecule has 1 aliphatic carbocycles. The number of benzene rings is 2. The first-order chi connectivity index (χ1) is 12.0. The summed E-state index contributed by atoms with van der Waals surface area (Å²) in [6.45, 7) is 0. The second kappa shape index (κ2) is 5.97. The van der Waals surface area contributed by atoms with Crippen LogP contribution in [0.5, 0.6) is 0 Å². The van der Waals surface area contributed by atoms with Crippen molar-refractivity contribution in [2.24, 2.45) is 7.05 Å². The molecule has 2 aromatic carbocycles. The molecule has 25 heavy (non-hydrogen) atoms. The van der Waals surface area contributed by atoms with Gasteiger partial charge in [0.2, 0.25) is 0 Å². The van der Waals surface area contributed by atoms with Crippen molar-refractivity contribution in [1.29, 1.82) is 0 Å². The van der Waals surface area contributed by atoms with Gasteiger partial charge in [-0.1, -0.05) is 24.3 Å². The number of aryl methyl sites for hydroxylation is 1. The van der Waals surface area contributed by atoms with Crippen LogP contribution in [0.25, 0.3) is 10.9 Å². The first kappa shape index (κ1) is 15.8. The second-order valence-corrected chi connectivity index (χ2v) is 6.70. The number of nitrogens with zero attached hydrogens (tertiary/aromatic N) is 1. The Balaban J connectivity index is 1.66. The quantitative estimate of drug-likeness (QED) is 0.698. The number of aromatic nitrogens is 2. The van der Waals surface area contributed by atoms with E-state index in [9.17, 15) is 9.59 Å². The minimum atomic E-state index is -0.171. The fraction of sp³-hybridized carbons (Fsp3) is 0.211. The van der Waals surface area contributed by atoms with Crippen LogP contribution in [0.3, 0.4) is 0 Å². The summed E-state index contributed by atoms with van der Waals surface area (Å²) in [6, 6.07) is 13.2. The van der Waals surface area contributed by atoms with Crippen LogP contribution in [0.1, 0.15) is 33.9 Å². The molecule has 1 unspecified atom stereocenters. The Morgan fingerprint density at radius 1 is 1.28 bits per heavy atom. The van der Waals surface area contributed by atoms with Gasteiger partial charge >= 0.3 is 0 Å². The molecule has 1 atom stereocenters. The van der Waals surface area contributed by atoms with Crippen LogP contribution < -0.4 is 10.9 Å². The highest BCUT2D eigenvalue weighted by Crippen LogP contribution is 2.30. The van der Waals surface area contributed by atoms with Crippen LogP contribution >= 0.6 is 12.2 Å². The Bertz CT molecular complexity index is 1110. The number of carbonyl (C=O) groups is 1. The highest BCUT2D eigenvalue weighted by Gasteiger charge is 2.23. The number of H-pyrrole nitrogens is 1. The van der Waals surface area contributed by atoms with E-state index in [1.54, 1.807) is 25.2 Å². The van der Waals surface area contributed by atoms with Gasteiger partial charge in [0.05, 0.1) is 16.9 Å². The van der Waals surface area contributed by atoms with E-state index < -0.39 is 0 Å². The zero-order chi connectivity index (χ0) is 17.6. The van der Waals surface area contributed by atoms with Gasteiger partial charge in [-0.15, -0.1) is 0 Å². The van der Waals surface area contributed by atoms with Gasteiger partial charge < -0.3 is 10.3 Å². The average Bonchev–Trinajstić information content (AvgIpc) is 3.02. The standard InChI is InChI=1S/C19H17N3O2S/c1-22-18(24)14-8-6-12(10-16(14)21-19(22)25)17(23)20-15-9-7-11-4-2-3-5-13(11)15/h2-6,8,10,15H,7,9H2,1H3,(H,20,23)(H,21,25). The van der Waals surface area contributed by atoms with Gasteiger partial charge in [-0.05, 0) is 54.4 Å². The van der Waals surface area contributed by atoms with Crippen LogP contribution in [-0.4, -0.2) is 15.5 Å². The van der Waals surface area contributed by atoms with E-state index in [-0.39, 0.29) is 17.5 Å². The van der Waals surface area contributed by atoms with Gasteiger partial charge in [0.15, 0.2) is 4.77 Å². The molecule has 1 aliphatic rings. The van der Waals surface area contributed by atoms with Gasteiger partial charge in [-0.2, -0.15) is 0 Å². The smallest absolute Gasteiger partial charge is 0.261 e. The Morgan fingerprint density at radius 2 is 2.08 bits per heavy atom. The zero-order valence-corrected chi connectivity index (χ0v) is 14.5. The maximum atomic E-state index is 12.7. The highest BCUT2D eigenvalue weighted by atomic mass is 32.1. The fourth-order valence-electron chi connectivity index (χ4n) is 3.40. The third-order valence-corrected chi connectivity index (χ3v) is 5.18. The van der Waals surface area contributed by atoms with E-state index in [0.29, 0.717) is 21.2 Å². The summed E-state index contributed by atoms with van der Waals surface area (Å²) in [5.41, 5.74) is 3.39. The summed E-state index contributed by atoms with van der Waals surface area (Å²) < 4.78 is 1.71. The molecule has 1 heterocycles. The van der Waals surface area contributed by atoms with E-state index >= 15 is 0 Å². The molecule has 0 saturated heterocycles. The summed E-state index contributed by atoms with van der Waals surface area (Å²) in [4.78, 5) is 27.9. The molecule has 0 radical (unpaired) electrons. The third kappa shape index (κ3) is 2.68. The summed E-state index contributed by atoms with van der Waals surface area (Å²) >= 11 is 5.14. The molecule has 1 amide bonds. The van der Waals surface area contributed by atoms with Crippen LogP contribution in [0.2, 0.25) is 0 Å². The summed E-state index contributed by atoms with van der Waals surface area (Å²) in [5.74, 6) is -0.149. The molecule has 2 N–H and O–H groups in total. The number of aromatic amines is 1. The van der Waals surface area contributed by atoms with Crippen molar-refractivity contribution in [3.63, 3.8) is 0 Å². The van der Waals surface area contributed by atoms with Gasteiger partial charge in [0.1, 0.15) is 0 Å². The molecule has 6 heteroatoms. The highest BCUT2D eigenvalue weighted by molar-refractivity contribution is 7.71. The lowest BCUT2D eigenvalue weighted by molar-refractivity contribution is 0.0937. The normalized spacial score (nSPS) is 16.0. The fourth-order valence-corrected chi connectivity index (χ4v) is 3.59. The molecule has 5 nitrogen and oxygen atoms in total. The topological polar surface area (TPSA) is 66.9 Å². The number of carbonyl (C=O) groups excluding carboxylic acids is 1. The van der Waals surface area contributed by atoms with E-state index in [1.807, 2.05) is 12.1 Å². The molecule has 0 saturated carbocycles. The minimum Gasteiger partial charge on any atom is -0.345 e. The maximum absolute atomic E-state index is 12.7. The number of nitrogens with one attached hydrogen (secondary N) is 2. The van der Waals surface area contributed by atoms with Crippen LogP contribution in [0, 0.1) is 4.77 Å². The molecular weight excluding hydrogens is 334 g/mol. The zero-order valence-electron chi connectivity index (χ0n) is 13.7. The molecule has 1 aromatic heterocycles. The van der Waals surface area contributed by atoms with Gasteiger partial charge in [-0.3, -0.25) is 14.2 Å². The summed E-state index contributed by atoms with van der Waals surface area (Å²) in [7, 11) is 1.62. The number of hydrogen-bond donors (Lipinski definition) is 2. The molecule has 0 bridgehead atoms. The largest absolute Gasteiger partial charge is 0.345 e. The number of amides is 1. The van der Waals surface area contributed by atoms with Crippen molar-refractivity contribution in [2.75, 3.05) is 0 Å². The van der Waals surface area contributed by atoms with Crippen molar-refractivity contribution in [2.45, 2.75) is 18.9 Å². The molecule has 3 aromatic rings. The molecular formula is C19H17N3O2S. The predicted octanol–water partition coefficient (Wildman–Crippen LogP) is 3.01. The first-order valence-electron chi connectivity index (χ1n) is 8.16. The van der Waals surface area contributed by atoms with Gasteiger partial charge in [-0.25, -0.2) is 0 Å². The van der Waals surface area contributed by atoms with Crippen LogP contribution in [-0.2, 0) is 13.5 Å². The van der Waals surface area contributed by atoms with Crippen molar-refractivity contribution >= 4 is 29.0 Å². The molecule has 126 valence electrons. The predicted molar refractivity (Wildman–Crippen MR) is 99.3 cm³/mol. The lowest BCUT2D eigenvalue weighted by Crippen LogP contribution is -2.27. The summed E-state index contributed by atoms with van der Waals surface area (Å²) in [6.07, 6.45) is 1.88. The van der Waals surface area contributed by atoms with Crippen molar-refractivity contribution in [3.8, 4) is 0 Å². The average molecular weight is 351 g/mol. The van der Waals surface area contributed by atoms with Gasteiger partial charge in [0.25, 0.3) is 11.5 Å². The Morgan fingerprint density at radius 3 is 2.92 bits per heavy atom. The lowest BCUT2D eigenvalue weighted by Gasteiger charge is -2.14. The summed E-state index contributed by atoms with van der Waals surface area (Å²) in [5, 5.41) is 3.61. The lowest BCUT2D eigenvalue weighted by atomic mass is 10.1. The Hall–Kier alpha value is -2.73.